The molecule has 1 aliphatic carbocycles. The summed E-state index contributed by atoms with van der Waals surface area (Å²) < 4.78 is 0. The largest absolute Gasteiger partial charge is 0.387 e. The van der Waals surface area contributed by atoms with E-state index in [-0.39, 0.29) is 11.4 Å². The molecule has 0 amide bonds. The van der Waals surface area contributed by atoms with Crippen molar-refractivity contribution in [3.63, 3.8) is 0 Å². The van der Waals surface area contributed by atoms with Gasteiger partial charge in [0, 0.05) is 11.6 Å². The molecule has 0 aromatic heterocycles. The van der Waals surface area contributed by atoms with E-state index in [1.807, 2.05) is 24.3 Å². The van der Waals surface area contributed by atoms with Crippen LogP contribution in [-0.2, 0) is 12.8 Å². The third-order valence-corrected chi connectivity index (χ3v) is 3.75. The van der Waals surface area contributed by atoms with Crippen molar-refractivity contribution in [2.75, 3.05) is 5.73 Å². The summed E-state index contributed by atoms with van der Waals surface area (Å²) >= 11 is 0. The van der Waals surface area contributed by atoms with Gasteiger partial charge in [-0.15, -0.1) is 0 Å². The number of hydrogen-bond acceptors (Lipinski definition) is 5. The van der Waals surface area contributed by atoms with Crippen LogP contribution in [-0.4, -0.2) is 9.85 Å². The molecular weight excluding hydrogens is 274 g/mol. The fraction of sp³-hybridized carbons (Fsp3) is 0.143. The minimum atomic E-state index is -0.681. The van der Waals surface area contributed by atoms with Gasteiger partial charge in [-0.3, -0.25) is 20.2 Å². The van der Waals surface area contributed by atoms with Gasteiger partial charge in [0.2, 0.25) is 0 Å². The molecule has 0 radical (unpaired) electrons. The average Bonchev–Trinajstić information content (AvgIpc) is 2.45. The van der Waals surface area contributed by atoms with Gasteiger partial charge in [-0.1, -0.05) is 24.3 Å². The highest BCUT2D eigenvalue weighted by atomic mass is 16.6. The molecule has 0 atom stereocenters. The number of nitrogen functional groups attached to an aromatic ring is 1. The van der Waals surface area contributed by atoms with Crippen LogP contribution in [0.1, 0.15) is 11.1 Å². The number of rotatable bonds is 2. The Morgan fingerprint density at radius 3 is 2.38 bits per heavy atom. The minimum Gasteiger partial charge on any atom is -0.387 e. The van der Waals surface area contributed by atoms with Crippen LogP contribution in [0, 0.1) is 20.2 Å². The van der Waals surface area contributed by atoms with E-state index >= 15 is 0 Å². The van der Waals surface area contributed by atoms with E-state index in [1.165, 1.54) is 6.07 Å². The number of hydrogen-bond donors (Lipinski definition) is 1. The van der Waals surface area contributed by atoms with Crippen molar-refractivity contribution in [1.29, 1.82) is 0 Å². The zero-order valence-corrected chi connectivity index (χ0v) is 10.9. The fourth-order valence-electron chi connectivity index (χ4n) is 2.83. The summed E-state index contributed by atoms with van der Waals surface area (Å²) in [6.07, 6.45) is 1.10. The first kappa shape index (κ1) is 13.0. The highest BCUT2D eigenvalue weighted by Gasteiger charge is 2.32. The monoisotopic (exact) mass is 285 g/mol. The molecule has 0 aliphatic heterocycles. The summed E-state index contributed by atoms with van der Waals surface area (Å²) in [5, 5.41) is 22.4. The second-order valence-electron chi connectivity index (χ2n) is 4.86. The lowest BCUT2D eigenvalue weighted by molar-refractivity contribution is -0.392. The summed E-state index contributed by atoms with van der Waals surface area (Å²) in [6.45, 7) is 0. The van der Waals surface area contributed by atoms with Gasteiger partial charge in [0.05, 0.1) is 9.85 Å². The molecule has 21 heavy (non-hydrogen) atoms. The molecular formula is C14H11N3O4. The summed E-state index contributed by atoms with van der Waals surface area (Å²) in [5.74, 6) is 0. The first-order valence-corrected chi connectivity index (χ1v) is 6.33. The van der Waals surface area contributed by atoms with Crippen molar-refractivity contribution < 1.29 is 9.85 Å². The molecule has 2 aromatic carbocycles. The lowest BCUT2D eigenvalue weighted by atomic mass is 9.84. The molecule has 2 aromatic rings. The second-order valence-corrected chi connectivity index (χ2v) is 4.86. The number of aryl methyl sites for hydroxylation is 1. The third-order valence-electron chi connectivity index (χ3n) is 3.75. The normalized spacial score (nSPS) is 12.4. The Kier molecular flexibility index (Phi) is 2.83. The number of anilines is 1. The maximum atomic E-state index is 11.3. The van der Waals surface area contributed by atoms with Gasteiger partial charge in [-0.2, -0.15) is 0 Å². The number of nitro benzene ring substituents is 2. The van der Waals surface area contributed by atoms with E-state index < -0.39 is 15.5 Å². The lowest BCUT2D eigenvalue weighted by Crippen LogP contribution is -2.11. The van der Waals surface area contributed by atoms with E-state index in [0.717, 1.165) is 11.1 Å². The Morgan fingerprint density at radius 1 is 1.00 bits per heavy atom. The van der Waals surface area contributed by atoms with E-state index in [4.69, 9.17) is 5.73 Å². The molecule has 0 unspecified atom stereocenters. The fourth-order valence-corrected chi connectivity index (χ4v) is 2.83. The molecule has 7 heteroatoms. The molecule has 0 saturated carbocycles. The zero-order chi connectivity index (χ0) is 15.1. The molecule has 0 spiro atoms. The van der Waals surface area contributed by atoms with Gasteiger partial charge < -0.3 is 5.73 Å². The van der Waals surface area contributed by atoms with Gasteiger partial charge in [0.25, 0.3) is 5.69 Å². The number of benzene rings is 2. The predicted octanol–water partition coefficient (Wildman–Crippen LogP) is 2.85. The maximum Gasteiger partial charge on any atom is 0.303 e. The Bertz CT molecular complexity index is 786. The van der Waals surface area contributed by atoms with Gasteiger partial charge in [-0.25, -0.2) is 0 Å². The molecule has 0 fully saturated rings. The Morgan fingerprint density at radius 2 is 1.71 bits per heavy atom. The van der Waals surface area contributed by atoms with Gasteiger partial charge >= 0.3 is 5.69 Å². The smallest absolute Gasteiger partial charge is 0.303 e. The van der Waals surface area contributed by atoms with Gasteiger partial charge in [-0.05, 0) is 29.5 Å². The molecule has 7 nitrogen and oxygen atoms in total. The van der Waals surface area contributed by atoms with E-state index in [9.17, 15) is 20.2 Å². The van der Waals surface area contributed by atoms with Crippen LogP contribution in [0.3, 0.4) is 0 Å². The number of fused-ring (bicyclic) bond motifs is 3. The number of nitrogens with zero attached hydrogens (tertiary/aromatic N) is 2. The average molecular weight is 285 g/mol. The van der Waals surface area contributed by atoms with E-state index in [0.29, 0.717) is 24.0 Å². The van der Waals surface area contributed by atoms with Crippen molar-refractivity contribution in [1.82, 2.24) is 0 Å². The molecule has 0 bridgehead atoms. The van der Waals surface area contributed by atoms with E-state index in [1.54, 1.807) is 0 Å². The summed E-state index contributed by atoms with van der Waals surface area (Å²) in [6, 6.07) is 8.77. The SMILES string of the molecule is Nc1c([N+](=O)[O-])cc2c(c1[N+](=O)[O-])CCc1ccccc1-2. The Balaban J connectivity index is 2.39. The molecule has 3 rings (SSSR count). The number of nitro groups is 2. The van der Waals surface area contributed by atoms with Crippen LogP contribution in [0.5, 0.6) is 0 Å². The quantitative estimate of drug-likeness (QED) is 0.518. The summed E-state index contributed by atoms with van der Waals surface area (Å²) in [4.78, 5) is 21.1. The van der Waals surface area contributed by atoms with Crippen LogP contribution >= 0.6 is 0 Å². The molecule has 106 valence electrons. The molecule has 0 saturated heterocycles. The first-order chi connectivity index (χ1) is 10.0. The van der Waals surface area contributed by atoms with Crippen LogP contribution in [0.4, 0.5) is 17.1 Å². The van der Waals surface area contributed by atoms with Crippen molar-refractivity contribution in [3.8, 4) is 11.1 Å². The highest BCUT2D eigenvalue weighted by Crippen LogP contribution is 2.45. The lowest BCUT2D eigenvalue weighted by Gasteiger charge is -2.20. The maximum absolute atomic E-state index is 11.3. The highest BCUT2D eigenvalue weighted by molar-refractivity contribution is 5.86. The van der Waals surface area contributed by atoms with Gasteiger partial charge in [0.1, 0.15) is 0 Å². The Labute approximate surface area is 119 Å². The minimum absolute atomic E-state index is 0.339. The van der Waals surface area contributed by atoms with Crippen LogP contribution in [0.15, 0.2) is 30.3 Å². The second kappa shape index (κ2) is 4.55. The van der Waals surface area contributed by atoms with E-state index in [2.05, 4.69) is 0 Å². The number of nitrogens with two attached hydrogens (primary N) is 1. The standard InChI is InChI=1S/C14H11N3O4/c15-13-12(16(18)19)7-11-9-4-2-1-3-8(9)5-6-10(11)14(13)17(20)21/h1-4,7H,5-6,15H2. The zero-order valence-electron chi connectivity index (χ0n) is 10.9. The first-order valence-electron chi connectivity index (χ1n) is 6.33. The Hall–Kier alpha value is -2.96. The predicted molar refractivity (Wildman–Crippen MR) is 77.0 cm³/mol. The third kappa shape index (κ3) is 1.90. The van der Waals surface area contributed by atoms with Crippen LogP contribution < -0.4 is 5.73 Å². The van der Waals surface area contributed by atoms with Crippen molar-refractivity contribution in [3.05, 3.63) is 61.7 Å². The topological polar surface area (TPSA) is 112 Å². The van der Waals surface area contributed by atoms with Crippen molar-refractivity contribution >= 4 is 17.1 Å². The molecule has 2 N–H and O–H groups in total. The van der Waals surface area contributed by atoms with Gasteiger partial charge in [0.15, 0.2) is 5.69 Å². The molecule has 1 aliphatic rings. The van der Waals surface area contributed by atoms with Crippen molar-refractivity contribution in [2.24, 2.45) is 0 Å². The summed E-state index contributed by atoms with van der Waals surface area (Å²) in [5.41, 5.74) is 7.34. The van der Waals surface area contributed by atoms with Crippen molar-refractivity contribution in [2.45, 2.75) is 12.8 Å². The summed E-state index contributed by atoms with van der Waals surface area (Å²) in [7, 11) is 0. The van der Waals surface area contributed by atoms with Crippen LogP contribution in [0.2, 0.25) is 0 Å². The molecule has 0 heterocycles. The van der Waals surface area contributed by atoms with Crippen LogP contribution in [0.25, 0.3) is 11.1 Å².